The van der Waals surface area contributed by atoms with E-state index in [0.717, 1.165) is 21.5 Å². The number of carbonyl (C=O) groups excluding carboxylic acids is 2. The van der Waals surface area contributed by atoms with E-state index < -0.39 is 5.97 Å². The number of amides is 1. The number of nitrogens with one attached hydrogen (secondary N) is 1. The van der Waals surface area contributed by atoms with Crippen LogP contribution in [-0.4, -0.2) is 48.5 Å². The Labute approximate surface area is 167 Å². The Kier molecular flexibility index (Phi) is 6.43. The highest BCUT2D eigenvalue weighted by Gasteiger charge is 2.18. The van der Waals surface area contributed by atoms with Gasteiger partial charge in [0, 0.05) is 19.0 Å². The summed E-state index contributed by atoms with van der Waals surface area (Å²) in [4.78, 5) is 25.3. The van der Waals surface area contributed by atoms with Crippen LogP contribution in [0, 0.1) is 13.8 Å². The molecule has 2 aromatic heterocycles. The highest BCUT2D eigenvalue weighted by molar-refractivity contribution is 7.20. The van der Waals surface area contributed by atoms with Gasteiger partial charge in [0.25, 0.3) is 5.91 Å². The topological polar surface area (TPSA) is 82.4 Å². The third kappa shape index (κ3) is 4.76. The van der Waals surface area contributed by atoms with Crippen molar-refractivity contribution >= 4 is 33.4 Å². The van der Waals surface area contributed by atoms with E-state index in [4.69, 9.17) is 9.47 Å². The van der Waals surface area contributed by atoms with Crippen molar-refractivity contribution in [2.24, 2.45) is 0 Å². The summed E-state index contributed by atoms with van der Waals surface area (Å²) in [7, 11) is 1.55. The van der Waals surface area contributed by atoms with Gasteiger partial charge in [0.15, 0.2) is 6.61 Å². The van der Waals surface area contributed by atoms with Gasteiger partial charge in [-0.3, -0.25) is 9.48 Å². The molecule has 1 N–H and O–H groups in total. The lowest BCUT2D eigenvalue weighted by Crippen LogP contribution is -2.31. The number of aryl methyl sites for hydroxylation is 2. The summed E-state index contributed by atoms with van der Waals surface area (Å²) in [5.74, 6) is -0.863. The van der Waals surface area contributed by atoms with Gasteiger partial charge in [-0.05, 0) is 25.5 Å². The zero-order valence-corrected chi connectivity index (χ0v) is 17.0. The molecular formula is C20H23N3O4S. The molecule has 8 heteroatoms. The number of ether oxygens (including phenoxy) is 2. The van der Waals surface area contributed by atoms with Gasteiger partial charge in [-0.2, -0.15) is 5.10 Å². The van der Waals surface area contributed by atoms with Crippen LogP contribution in [0.4, 0.5) is 0 Å². The second-order valence-corrected chi connectivity index (χ2v) is 7.51. The van der Waals surface area contributed by atoms with Crippen molar-refractivity contribution in [3.8, 4) is 0 Å². The summed E-state index contributed by atoms with van der Waals surface area (Å²) < 4.78 is 11.9. The first-order valence-electron chi connectivity index (χ1n) is 8.93. The average molecular weight is 401 g/mol. The average Bonchev–Trinajstić information content (AvgIpc) is 3.23. The Morgan fingerprint density at radius 2 is 1.96 bits per heavy atom. The third-order valence-electron chi connectivity index (χ3n) is 4.22. The Morgan fingerprint density at radius 1 is 1.21 bits per heavy atom. The van der Waals surface area contributed by atoms with Gasteiger partial charge in [0.1, 0.15) is 9.71 Å². The maximum absolute atomic E-state index is 12.3. The number of hydrogen-bond acceptors (Lipinski definition) is 6. The third-order valence-corrected chi connectivity index (χ3v) is 5.35. The van der Waals surface area contributed by atoms with E-state index in [1.54, 1.807) is 13.2 Å². The molecule has 28 heavy (non-hydrogen) atoms. The predicted molar refractivity (Wildman–Crippen MR) is 108 cm³/mol. The number of hydrogen-bond donors (Lipinski definition) is 1. The van der Waals surface area contributed by atoms with Gasteiger partial charge in [-0.25, -0.2) is 4.79 Å². The zero-order valence-electron chi connectivity index (χ0n) is 16.2. The van der Waals surface area contributed by atoms with Crippen LogP contribution in [0.5, 0.6) is 0 Å². The molecule has 148 valence electrons. The van der Waals surface area contributed by atoms with E-state index in [2.05, 4.69) is 41.6 Å². The van der Waals surface area contributed by atoms with Crippen LogP contribution in [0.2, 0.25) is 0 Å². The highest BCUT2D eigenvalue weighted by Crippen LogP contribution is 2.29. The van der Waals surface area contributed by atoms with Crippen LogP contribution in [-0.2, 0) is 20.8 Å². The first-order chi connectivity index (χ1) is 13.5. The Morgan fingerprint density at radius 3 is 2.68 bits per heavy atom. The SMILES string of the molecule is COCCNC(=O)COC(=O)c1cc2c(C)nn(Cc3ccc(C)cc3)c2s1. The van der Waals surface area contributed by atoms with Crippen molar-refractivity contribution < 1.29 is 19.1 Å². The van der Waals surface area contributed by atoms with Gasteiger partial charge in [-0.15, -0.1) is 11.3 Å². The molecule has 0 fully saturated rings. The normalized spacial score (nSPS) is 11.0. The Hall–Kier alpha value is -2.71. The first kappa shape index (κ1) is 20.0. The standard InChI is InChI=1S/C20H23N3O4S/c1-13-4-6-15(7-5-13)11-23-19-16(14(2)22-23)10-17(28-19)20(25)27-12-18(24)21-8-9-26-3/h4-7,10H,8-9,11-12H2,1-3H3,(H,21,24). The number of carbonyl (C=O) groups is 2. The number of aromatic nitrogens is 2. The van der Waals surface area contributed by atoms with Crippen molar-refractivity contribution in [2.75, 3.05) is 26.9 Å². The number of benzene rings is 1. The fourth-order valence-corrected chi connectivity index (χ4v) is 3.79. The quantitative estimate of drug-likeness (QED) is 0.464. The molecule has 0 spiro atoms. The minimum Gasteiger partial charge on any atom is -0.451 e. The lowest BCUT2D eigenvalue weighted by atomic mass is 10.1. The molecule has 0 saturated carbocycles. The van der Waals surface area contributed by atoms with E-state index in [1.165, 1.54) is 16.9 Å². The number of rotatable bonds is 8. The largest absolute Gasteiger partial charge is 0.451 e. The second kappa shape index (κ2) is 8.99. The molecule has 2 heterocycles. The van der Waals surface area contributed by atoms with Crippen molar-refractivity contribution in [1.82, 2.24) is 15.1 Å². The van der Waals surface area contributed by atoms with Gasteiger partial charge < -0.3 is 14.8 Å². The number of fused-ring (bicyclic) bond motifs is 1. The summed E-state index contributed by atoms with van der Waals surface area (Å²) in [6.07, 6.45) is 0. The molecule has 7 nitrogen and oxygen atoms in total. The minimum absolute atomic E-state index is 0.314. The minimum atomic E-state index is -0.510. The van der Waals surface area contributed by atoms with Crippen LogP contribution in [0.1, 0.15) is 26.5 Å². The van der Waals surface area contributed by atoms with E-state index in [1.807, 2.05) is 11.6 Å². The molecule has 0 aliphatic heterocycles. The second-order valence-electron chi connectivity index (χ2n) is 6.48. The molecule has 3 rings (SSSR count). The number of nitrogens with zero attached hydrogens (tertiary/aromatic N) is 2. The summed E-state index contributed by atoms with van der Waals surface area (Å²) >= 11 is 1.32. The molecule has 0 aliphatic carbocycles. The van der Waals surface area contributed by atoms with Crippen LogP contribution in [0.25, 0.3) is 10.2 Å². The molecule has 0 radical (unpaired) electrons. The monoisotopic (exact) mass is 401 g/mol. The first-order valence-corrected chi connectivity index (χ1v) is 9.75. The molecule has 3 aromatic rings. The van der Waals surface area contributed by atoms with Crippen LogP contribution in [0.15, 0.2) is 30.3 Å². The lowest BCUT2D eigenvalue weighted by Gasteiger charge is -2.05. The van der Waals surface area contributed by atoms with E-state index in [0.29, 0.717) is 24.6 Å². The molecule has 0 atom stereocenters. The summed E-state index contributed by atoms with van der Waals surface area (Å²) in [6.45, 7) is 5.07. The molecular weight excluding hydrogens is 378 g/mol. The van der Waals surface area contributed by atoms with Crippen molar-refractivity contribution in [3.05, 3.63) is 52.0 Å². The Balaban J connectivity index is 1.69. The van der Waals surface area contributed by atoms with Crippen molar-refractivity contribution in [2.45, 2.75) is 20.4 Å². The summed E-state index contributed by atoms with van der Waals surface area (Å²) in [5, 5.41) is 8.12. The Bertz CT molecular complexity index is 975. The van der Waals surface area contributed by atoms with Crippen LogP contribution in [0.3, 0.4) is 0 Å². The molecule has 1 aromatic carbocycles. The predicted octanol–water partition coefficient (Wildman–Crippen LogP) is 2.68. The number of methoxy groups -OCH3 is 1. The van der Waals surface area contributed by atoms with Gasteiger partial charge in [0.05, 0.1) is 18.8 Å². The number of esters is 1. The van der Waals surface area contributed by atoms with Crippen molar-refractivity contribution in [3.63, 3.8) is 0 Å². The van der Waals surface area contributed by atoms with Gasteiger partial charge in [-0.1, -0.05) is 29.8 Å². The fraction of sp³-hybridized carbons (Fsp3) is 0.350. The van der Waals surface area contributed by atoms with E-state index in [9.17, 15) is 9.59 Å². The van der Waals surface area contributed by atoms with Crippen LogP contribution < -0.4 is 5.32 Å². The lowest BCUT2D eigenvalue weighted by molar-refractivity contribution is -0.124. The molecule has 0 aliphatic rings. The molecule has 0 unspecified atom stereocenters. The van der Waals surface area contributed by atoms with E-state index >= 15 is 0 Å². The smallest absolute Gasteiger partial charge is 0.348 e. The fourth-order valence-electron chi connectivity index (χ4n) is 2.73. The van der Waals surface area contributed by atoms with Gasteiger partial charge in [0.2, 0.25) is 0 Å². The number of thiophene rings is 1. The molecule has 0 bridgehead atoms. The molecule has 1 amide bonds. The molecule has 0 saturated heterocycles. The maximum atomic E-state index is 12.3. The zero-order chi connectivity index (χ0) is 20.1. The van der Waals surface area contributed by atoms with Crippen molar-refractivity contribution in [1.29, 1.82) is 0 Å². The van der Waals surface area contributed by atoms with Gasteiger partial charge >= 0.3 is 5.97 Å². The maximum Gasteiger partial charge on any atom is 0.348 e. The van der Waals surface area contributed by atoms with Crippen LogP contribution >= 0.6 is 11.3 Å². The van der Waals surface area contributed by atoms with E-state index in [-0.39, 0.29) is 12.5 Å². The highest BCUT2D eigenvalue weighted by atomic mass is 32.1. The summed E-state index contributed by atoms with van der Waals surface area (Å²) in [5.41, 5.74) is 3.20. The summed E-state index contributed by atoms with van der Waals surface area (Å²) in [6, 6.07) is 10.1.